The number of nitrogens with zero attached hydrogens (tertiary/aromatic N) is 2. The van der Waals surface area contributed by atoms with Crippen LogP contribution < -0.4 is 4.90 Å². The Morgan fingerprint density at radius 1 is 1.44 bits per heavy atom. The van der Waals surface area contributed by atoms with E-state index in [2.05, 4.69) is 9.88 Å². The summed E-state index contributed by atoms with van der Waals surface area (Å²) in [5.41, 5.74) is 0.110. The lowest BCUT2D eigenvalue weighted by atomic mass is 9.98. The van der Waals surface area contributed by atoms with Crippen LogP contribution in [0.5, 0.6) is 0 Å². The van der Waals surface area contributed by atoms with Crippen LogP contribution in [-0.4, -0.2) is 33.9 Å². The van der Waals surface area contributed by atoms with Crippen molar-refractivity contribution >= 4 is 17.4 Å². The fourth-order valence-corrected chi connectivity index (χ4v) is 2.42. The lowest BCUT2D eigenvalue weighted by molar-refractivity contribution is 0.0481. The Kier molecular flexibility index (Phi) is 4.10. The molecule has 1 saturated heterocycles. The number of hydrogen-bond acceptors (Lipinski definition) is 4. The second-order valence-corrected chi connectivity index (χ2v) is 5.54. The third-order valence-electron chi connectivity index (χ3n) is 3.48. The maximum absolute atomic E-state index is 10.1. The SMILES string of the molecule is CC1(O)CCCN(c2cc(CO)c(Cl)cn2)CC1. The Labute approximate surface area is 112 Å². The number of anilines is 1. The predicted molar refractivity (Wildman–Crippen MR) is 71.9 cm³/mol. The van der Waals surface area contributed by atoms with E-state index in [0.717, 1.165) is 38.2 Å². The first-order chi connectivity index (χ1) is 8.52. The van der Waals surface area contributed by atoms with Gasteiger partial charge in [-0.15, -0.1) is 0 Å². The van der Waals surface area contributed by atoms with Gasteiger partial charge in [0, 0.05) is 24.8 Å². The largest absolute Gasteiger partial charge is 0.392 e. The molecule has 1 aliphatic rings. The summed E-state index contributed by atoms with van der Waals surface area (Å²) in [6.45, 7) is 3.44. The fraction of sp³-hybridized carbons (Fsp3) is 0.615. The van der Waals surface area contributed by atoms with Crippen LogP contribution in [-0.2, 0) is 6.61 Å². The summed E-state index contributed by atoms with van der Waals surface area (Å²) in [4.78, 5) is 6.44. The number of halogens is 1. The Balaban J connectivity index is 2.16. The highest BCUT2D eigenvalue weighted by Crippen LogP contribution is 2.26. The zero-order valence-corrected chi connectivity index (χ0v) is 11.3. The van der Waals surface area contributed by atoms with E-state index in [-0.39, 0.29) is 6.61 Å². The highest BCUT2D eigenvalue weighted by Gasteiger charge is 2.25. The lowest BCUT2D eigenvalue weighted by Crippen LogP contribution is -2.28. The van der Waals surface area contributed by atoms with Gasteiger partial charge < -0.3 is 15.1 Å². The van der Waals surface area contributed by atoms with E-state index in [1.807, 2.05) is 13.0 Å². The molecule has 0 radical (unpaired) electrons. The van der Waals surface area contributed by atoms with E-state index < -0.39 is 5.60 Å². The van der Waals surface area contributed by atoms with Gasteiger partial charge in [-0.3, -0.25) is 0 Å². The first kappa shape index (κ1) is 13.6. The van der Waals surface area contributed by atoms with Crippen LogP contribution in [0.15, 0.2) is 12.3 Å². The van der Waals surface area contributed by atoms with Crippen LogP contribution in [0.1, 0.15) is 31.7 Å². The molecule has 1 aromatic rings. The standard InChI is InChI=1S/C13H19ClN2O2/c1-13(18)3-2-5-16(6-4-13)12-7-10(9-17)11(14)8-15-12/h7-8,17-18H,2-6,9H2,1H3. The van der Waals surface area contributed by atoms with E-state index in [4.69, 9.17) is 11.6 Å². The first-order valence-corrected chi connectivity index (χ1v) is 6.62. The van der Waals surface area contributed by atoms with E-state index in [1.54, 1.807) is 6.20 Å². The molecule has 2 N–H and O–H groups in total. The summed E-state index contributed by atoms with van der Waals surface area (Å²) in [6.07, 6.45) is 4.05. The summed E-state index contributed by atoms with van der Waals surface area (Å²) in [6, 6.07) is 1.82. The van der Waals surface area contributed by atoms with Gasteiger partial charge in [0.2, 0.25) is 0 Å². The van der Waals surface area contributed by atoms with E-state index >= 15 is 0 Å². The van der Waals surface area contributed by atoms with Crippen LogP contribution in [0.4, 0.5) is 5.82 Å². The smallest absolute Gasteiger partial charge is 0.128 e. The molecule has 0 saturated carbocycles. The molecule has 4 nitrogen and oxygen atoms in total. The monoisotopic (exact) mass is 270 g/mol. The zero-order valence-electron chi connectivity index (χ0n) is 10.6. The minimum Gasteiger partial charge on any atom is -0.392 e. The van der Waals surface area contributed by atoms with Crippen molar-refractivity contribution in [1.29, 1.82) is 0 Å². The molecule has 1 unspecified atom stereocenters. The van der Waals surface area contributed by atoms with Crippen molar-refractivity contribution in [3.05, 3.63) is 22.8 Å². The molecular formula is C13H19ClN2O2. The molecule has 2 rings (SSSR count). The maximum atomic E-state index is 10.1. The number of hydrogen-bond donors (Lipinski definition) is 2. The molecule has 18 heavy (non-hydrogen) atoms. The Morgan fingerprint density at radius 2 is 2.22 bits per heavy atom. The van der Waals surface area contributed by atoms with Gasteiger partial charge in [0.25, 0.3) is 0 Å². The van der Waals surface area contributed by atoms with Gasteiger partial charge in [-0.25, -0.2) is 4.98 Å². The minimum absolute atomic E-state index is 0.0834. The third-order valence-corrected chi connectivity index (χ3v) is 3.82. The molecule has 100 valence electrons. The summed E-state index contributed by atoms with van der Waals surface area (Å²) >= 11 is 5.93. The van der Waals surface area contributed by atoms with Gasteiger partial charge in [-0.05, 0) is 32.3 Å². The van der Waals surface area contributed by atoms with Gasteiger partial charge in [0.1, 0.15) is 5.82 Å². The molecule has 0 bridgehead atoms. The van der Waals surface area contributed by atoms with Crippen molar-refractivity contribution in [2.45, 2.75) is 38.4 Å². The van der Waals surface area contributed by atoms with Gasteiger partial charge in [0.15, 0.2) is 0 Å². The topological polar surface area (TPSA) is 56.6 Å². The number of pyridine rings is 1. The molecule has 1 aromatic heterocycles. The molecule has 1 aliphatic heterocycles. The van der Waals surface area contributed by atoms with Crippen molar-refractivity contribution in [2.75, 3.05) is 18.0 Å². The number of aliphatic hydroxyl groups excluding tert-OH is 1. The maximum Gasteiger partial charge on any atom is 0.128 e. The Bertz CT molecular complexity index is 423. The summed E-state index contributed by atoms with van der Waals surface area (Å²) in [7, 11) is 0. The second kappa shape index (κ2) is 5.43. The predicted octanol–water partition coefficient (Wildman–Crippen LogP) is 1.97. The number of aliphatic hydroxyl groups is 2. The van der Waals surface area contributed by atoms with Crippen LogP contribution in [0, 0.1) is 0 Å². The molecule has 5 heteroatoms. The van der Waals surface area contributed by atoms with E-state index in [0.29, 0.717) is 10.6 Å². The Morgan fingerprint density at radius 3 is 2.94 bits per heavy atom. The molecule has 1 fully saturated rings. The molecule has 0 aromatic carbocycles. The summed E-state index contributed by atoms with van der Waals surface area (Å²) in [5.74, 6) is 0.821. The first-order valence-electron chi connectivity index (χ1n) is 6.24. The molecule has 2 heterocycles. The second-order valence-electron chi connectivity index (χ2n) is 5.13. The van der Waals surface area contributed by atoms with Gasteiger partial charge in [-0.1, -0.05) is 11.6 Å². The molecular weight excluding hydrogens is 252 g/mol. The van der Waals surface area contributed by atoms with Gasteiger partial charge >= 0.3 is 0 Å². The van der Waals surface area contributed by atoms with Crippen molar-refractivity contribution < 1.29 is 10.2 Å². The quantitative estimate of drug-likeness (QED) is 0.863. The van der Waals surface area contributed by atoms with Crippen LogP contribution in [0.2, 0.25) is 5.02 Å². The fourth-order valence-electron chi connectivity index (χ4n) is 2.25. The molecule has 1 atom stereocenters. The normalized spacial score (nSPS) is 25.0. The Hall–Kier alpha value is -0.840. The molecule has 0 amide bonds. The van der Waals surface area contributed by atoms with E-state index in [9.17, 15) is 10.2 Å². The van der Waals surface area contributed by atoms with Gasteiger partial charge in [-0.2, -0.15) is 0 Å². The van der Waals surface area contributed by atoms with Crippen molar-refractivity contribution in [1.82, 2.24) is 4.98 Å². The number of rotatable bonds is 2. The van der Waals surface area contributed by atoms with Crippen molar-refractivity contribution in [3.8, 4) is 0 Å². The van der Waals surface area contributed by atoms with Crippen LogP contribution >= 0.6 is 11.6 Å². The summed E-state index contributed by atoms with van der Waals surface area (Å²) in [5, 5.41) is 19.8. The highest BCUT2D eigenvalue weighted by atomic mass is 35.5. The zero-order chi connectivity index (χ0) is 13.2. The average molecular weight is 271 g/mol. The molecule has 0 spiro atoms. The van der Waals surface area contributed by atoms with Crippen LogP contribution in [0.25, 0.3) is 0 Å². The van der Waals surface area contributed by atoms with Gasteiger partial charge in [0.05, 0.1) is 17.2 Å². The molecule has 0 aliphatic carbocycles. The van der Waals surface area contributed by atoms with Crippen molar-refractivity contribution in [3.63, 3.8) is 0 Å². The highest BCUT2D eigenvalue weighted by molar-refractivity contribution is 6.31. The number of aromatic nitrogens is 1. The lowest BCUT2D eigenvalue weighted by Gasteiger charge is -2.23. The average Bonchev–Trinajstić information content (AvgIpc) is 2.51. The third kappa shape index (κ3) is 3.13. The van der Waals surface area contributed by atoms with E-state index in [1.165, 1.54) is 0 Å². The minimum atomic E-state index is -0.582. The summed E-state index contributed by atoms with van der Waals surface area (Å²) < 4.78 is 0. The van der Waals surface area contributed by atoms with Crippen LogP contribution in [0.3, 0.4) is 0 Å². The van der Waals surface area contributed by atoms with Crippen molar-refractivity contribution in [2.24, 2.45) is 0 Å².